The predicted molar refractivity (Wildman–Crippen MR) is 76.3 cm³/mol. The topological polar surface area (TPSA) is 35.0 Å². The minimum absolute atomic E-state index is 0.00185. The van der Waals surface area contributed by atoms with Crippen LogP contribution in [-0.4, -0.2) is 17.1 Å². The van der Waals surface area contributed by atoms with Crippen molar-refractivity contribution in [3.8, 4) is 0 Å². The number of nitrogens with zero attached hydrogens (tertiary/aromatic N) is 2. The van der Waals surface area contributed by atoms with Gasteiger partial charge in [0.05, 0.1) is 9.26 Å². The molecule has 1 aromatic heterocycles. The van der Waals surface area contributed by atoms with Crippen molar-refractivity contribution >= 4 is 34.2 Å². The normalized spacial score (nSPS) is 17.5. The van der Waals surface area contributed by atoms with Crippen molar-refractivity contribution < 1.29 is 4.74 Å². The van der Waals surface area contributed by atoms with Crippen molar-refractivity contribution in [2.45, 2.75) is 38.7 Å². The van der Waals surface area contributed by atoms with Crippen LogP contribution in [0, 0.1) is 9.49 Å². The smallest absolute Gasteiger partial charge is 0.159 e. The summed E-state index contributed by atoms with van der Waals surface area (Å²) >= 11 is 8.38. The molecule has 0 aromatic carbocycles. The molecule has 0 bridgehead atoms. The van der Waals surface area contributed by atoms with E-state index in [0.717, 1.165) is 15.1 Å². The van der Waals surface area contributed by atoms with E-state index in [1.54, 1.807) is 7.11 Å². The zero-order valence-corrected chi connectivity index (χ0v) is 13.1. The predicted octanol–water partition coefficient (Wildman–Crippen LogP) is 3.96. The third kappa shape index (κ3) is 2.90. The highest BCUT2D eigenvalue weighted by Gasteiger charge is 2.35. The molecule has 1 aliphatic carbocycles. The van der Waals surface area contributed by atoms with Crippen molar-refractivity contribution in [2.75, 3.05) is 7.11 Å². The molecule has 0 aliphatic heterocycles. The van der Waals surface area contributed by atoms with Gasteiger partial charge in [0.15, 0.2) is 5.82 Å². The molecule has 0 N–H and O–H groups in total. The lowest BCUT2D eigenvalue weighted by Crippen LogP contribution is -2.12. The monoisotopic (exact) mass is 366 g/mol. The van der Waals surface area contributed by atoms with Crippen LogP contribution in [0.25, 0.3) is 0 Å². The standard InChI is InChI=1S/C12H16ClIN2O/c1-6(2)9-8(14)11(13)16-12(15-9)10(17-3)7-4-5-7/h6-7,10H,4-5H2,1-3H3. The highest BCUT2D eigenvalue weighted by molar-refractivity contribution is 14.1. The van der Waals surface area contributed by atoms with E-state index in [2.05, 4.69) is 46.4 Å². The van der Waals surface area contributed by atoms with Gasteiger partial charge in [-0.2, -0.15) is 0 Å². The number of hydrogen-bond acceptors (Lipinski definition) is 3. The van der Waals surface area contributed by atoms with Gasteiger partial charge in [-0.3, -0.25) is 0 Å². The molecule has 0 amide bonds. The molecule has 1 unspecified atom stereocenters. The van der Waals surface area contributed by atoms with Crippen molar-refractivity contribution in [3.05, 3.63) is 20.2 Å². The van der Waals surface area contributed by atoms with Gasteiger partial charge in [-0.05, 0) is 47.3 Å². The molecular weight excluding hydrogens is 351 g/mol. The summed E-state index contributed by atoms with van der Waals surface area (Å²) in [5, 5.41) is 0.544. The van der Waals surface area contributed by atoms with Crippen molar-refractivity contribution in [3.63, 3.8) is 0 Å². The van der Waals surface area contributed by atoms with E-state index in [-0.39, 0.29) is 6.10 Å². The number of rotatable bonds is 4. The van der Waals surface area contributed by atoms with Gasteiger partial charge in [-0.1, -0.05) is 25.4 Å². The van der Waals surface area contributed by atoms with Crippen LogP contribution in [0.3, 0.4) is 0 Å². The molecule has 2 rings (SSSR count). The zero-order valence-electron chi connectivity index (χ0n) is 10.2. The molecule has 94 valence electrons. The molecule has 1 saturated carbocycles. The zero-order chi connectivity index (χ0) is 12.6. The van der Waals surface area contributed by atoms with Gasteiger partial charge >= 0.3 is 0 Å². The Kier molecular flexibility index (Phi) is 4.26. The maximum Gasteiger partial charge on any atom is 0.159 e. The van der Waals surface area contributed by atoms with Crippen LogP contribution in [-0.2, 0) is 4.74 Å². The summed E-state index contributed by atoms with van der Waals surface area (Å²) in [4.78, 5) is 9.01. The first-order chi connectivity index (χ1) is 8.04. The minimum atomic E-state index is 0.00185. The maximum absolute atomic E-state index is 6.18. The van der Waals surface area contributed by atoms with Gasteiger partial charge < -0.3 is 4.74 Å². The summed E-state index contributed by atoms with van der Waals surface area (Å²) < 4.78 is 6.46. The van der Waals surface area contributed by atoms with Crippen LogP contribution in [0.1, 0.15) is 50.2 Å². The van der Waals surface area contributed by atoms with E-state index in [9.17, 15) is 0 Å². The minimum Gasteiger partial charge on any atom is -0.373 e. The molecule has 0 saturated heterocycles. The second-order valence-electron chi connectivity index (χ2n) is 4.72. The van der Waals surface area contributed by atoms with Gasteiger partial charge in [0.2, 0.25) is 0 Å². The summed E-state index contributed by atoms with van der Waals surface area (Å²) in [6.45, 7) is 4.23. The molecule has 0 radical (unpaired) electrons. The van der Waals surface area contributed by atoms with Crippen LogP contribution >= 0.6 is 34.2 Å². The van der Waals surface area contributed by atoms with Crippen LogP contribution < -0.4 is 0 Å². The molecule has 1 atom stereocenters. The fourth-order valence-electron chi connectivity index (χ4n) is 1.87. The Morgan fingerprint density at radius 3 is 2.47 bits per heavy atom. The lowest BCUT2D eigenvalue weighted by Gasteiger charge is -2.16. The lowest BCUT2D eigenvalue weighted by atomic mass is 10.1. The van der Waals surface area contributed by atoms with E-state index in [1.165, 1.54) is 12.8 Å². The van der Waals surface area contributed by atoms with E-state index >= 15 is 0 Å². The average molecular weight is 367 g/mol. The molecule has 1 aliphatic rings. The second-order valence-corrected chi connectivity index (χ2v) is 6.16. The van der Waals surface area contributed by atoms with Crippen molar-refractivity contribution in [1.82, 2.24) is 9.97 Å². The number of ether oxygens (including phenoxy) is 1. The molecular formula is C12H16ClIN2O. The van der Waals surface area contributed by atoms with E-state index in [0.29, 0.717) is 17.0 Å². The van der Waals surface area contributed by atoms with Crippen LogP contribution in [0.5, 0.6) is 0 Å². The summed E-state index contributed by atoms with van der Waals surface area (Å²) in [7, 11) is 1.72. The molecule has 17 heavy (non-hydrogen) atoms. The highest BCUT2D eigenvalue weighted by Crippen LogP contribution is 2.42. The van der Waals surface area contributed by atoms with Crippen molar-refractivity contribution in [1.29, 1.82) is 0 Å². The summed E-state index contributed by atoms with van der Waals surface area (Å²) in [6, 6.07) is 0. The summed E-state index contributed by atoms with van der Waals surface area (Å²) in [5.74, 6) is 1.65. The Bertz CT molecular complexity index is 421. The first-order valence-electron chi connectivity index (χ1n) is 5.80. The molecule has 1 heterocycles. The van der Waals surface area contributed by atoms with Gasteiger partial charge in [0.1, 0.15) is 11.3 Å². The van der Waals surface area contributed by atoms with Gasteiger partial charge in [-0.15, -0.1) is 0 Å². The van der Waals surface area contributed by atoms with E-state index in [4.69, 9.17) is 16.3 Å². The first kappa shape index (κ1) is 13.5. The van der Waals surface area contributed by atoms with Crippen LogP contribution in [0.15, 0.2) is 0 Å². The van der Waals surface area contributed by atoms with Gasteiger partial charge in [-0.25, -0.2) is 9.97 Å². The summed E-state index contributed by atoms with van der Waals surface area (Å²) in [5.41, 5.74) is 1.02. The second kappa shape index (κ2) is 5.36. The molecule has 5 heteroatoms. The fourth-order valence-corrected chi connectivity index (χ4v) is 2.92. The summed E-state index contributed by atoms with van der Waals surface area (Å²) in [6.07, 6.45) is 2.40. The Balaban J connectivity index is 2.40. The van der Waals surface area contributed by atoms with Crippen LogP contribution in [0.2, 0.25) is 5.15 Å². The number of halogens is 2. The highest BCUT2D eigenvalue weighted by atomic mass is 127. The Morgan fingerprint density at radius 1 is 1.35 bits per heavy atom. The van der Waals surface area contributed by atoms with E-state index < -0.39 is 0 Å². The van der Waals surface area contributed by atoms with E-state index in [1.807, 2.05) is 0 Å². The van der Waals surface area contributed by atoms with Gasteiger partial charge in [0.25, 0.3) is 0 Å². The molecule has 3 nitrogen and oxygen atoms in total. The number of methoxy groups -OCH3 is 1. The van der Waals surface area contributed by atoms with Gasteiger partial charge in [0, 0.05) is 7.11 Å². The maximum atomic E-state index is 6.18. The number of hydrogen-bond donors (Lipinski definition) is 0. The third-order valence-corrected chi connectivity index (χ3v) is 4.62. The Morgan fingerprint density at radius 2 is 2.00 bits per heavy atom. The number of aromatic nitrogens is 2. The molecule has 1 aromatic rings. The molecule has 0 spiro atoms. The lowest BCUT2D eigenvalue weighted by molar-refractivity contribution is 0.0769. The molecule has 1 fully saturated rings. The Labute approximate surface area is 120 Å². The Hall–Kier alpha value is 0.0600. The first-order valence-corrected chi connectivity index (χ1v) is 7.25. The largest absolute Gasteiger partial charge is 0.373 e. The van der Waals surface area contributed by atoms with Crippen LogP contribution in [0.4, 0.5) is 0 Å². The SMILES string of the molecule is COC(c1nc(Cl)c(I)c(C(C)C)n1)C1CC1. The quantitative estimate of drug-likeness (QED) is 0.598. The fraction of sp³-hybridized carbons (Fsp3) is 0.667. The van der Waals surface area contributed by atoms with Crippen molar-refractivity contribution in [2.24, 2.45) is 5.92 Å². The average Bonchev–Trinajstić information content (AvgIpc) is 3.07. The third-order valence-electron chi connectivity index (χ3n) is 2.96.